The lowest BCUT2D eigenvalue weighted by Gasteiger charge is -2.30. The van der Waals surface area contributed by atoms with E-state index >= 15 is 0 Å². The molecular weight excluding hydrogens is 460 g/mol. The smallest absolute Gasteiger partial charge is 0.241 e. The van der Waals surface area contributed by atoms with Crippen molar-refractivity contribution in [3.8, 4) is 28.6 Å². The molecule has 0 unspecified atom stereocenters. The van der Waals surface area contributed by atoms with Crippen LogP contribution < -0.4 is 19.5 Å². The first-order valence-electron chi connectivity index (χ1n) is 10.9. The number of hydrogen-bond donors (Lipinski definition) is 1. The van der Waals surface area contributed by atoms with Gasteiger partial charge in [-0.25, -0.2) is 0 Å². The Bertz CT molecular complexity index is 1150. The molecule has 10 heteroatoms. The summed E-state index contributed by atoms with van der Waals surface area (Å²) in [4.78, 5) is 19.5. The minimum Gasteiger partial charge on any atom is -0.495 e. The Morgan fingerprint density at radius 3 is 2.62 bits per heavy atom. The summed E-state index contributed by atoms with van der Waals surface area (Å²) in [5.41, 5.74) is 1.41. The lowest BCUT2D eigenvalue weighted by molar-refractivity contribution is -0.121. The van der Waals surface area contributed by atoms with E-state index in [1.165, 1.54) is 0 Å². The molecule has 1 amide bonds. The monoisotopic (exact) mass is 486 g/mol. The van der Waals surface area contributed by atoms with E-state index in [1.54, 1.807) is 51.7 Å². The lowest BCUT2D eigenvalue weighted by Crippen LogP contribution is -2.40. The Kier molecular flexibility index (Phi) is 7.54. The second-order valence-electron chi connectivity index (χ2n) is 7.99. The standard InChI is InChI=1S/C24H27ClN4O5/c1-31-19-9-7-17(12-18(19)25)26-24(30)16-5-4-10-29(13-16)14-22-27-23(28-34-22)15-6-8-20(32-2)21(11-15)33-3/h6-9,11-12,16H,4-5,10,13-14H2,1-3H3,(H,26,30)/t16-/m0/s1. The Hall–Kier alpha value is -3.30. The molecule has 1 N–H and O–H groups in total. The first-order valence-corrected chi connectivity index (χ1v) is 11.3. The van der Waals surface area contributed by atoms with E-state index in [-0.39, 0.29) is 11.8 Å². The number of aromatic nitrogens is 2. The zero-order valence-electron chi connectivity index (χ0n) is 19.3. The normalized spacial score (nSPS) is 16.2. The number of nitrogens with zero attached hydrogens (tertiary/aromatic N) is 3. The molecule has 1 aliphatic heterocycles. The second kappa shape index (κ2) is 10.8. The molecule has 34 heavy (non-hydrogen) atoms. The van der Waals surface area contributed by atoms with Crippen molar-refractivity contribution < 1.29 is 23.5 Å². The molecule has 1 saturated heterocycles. The Morgan fingerprint density at radius 1 is 1.12 bits per heavy atom. The molecule has 2 aromatic carbocycles. The van der Waals surface area contributed by atoms with Crippen molar-refractivity contribution in [1.29, 1.82) is 0 Å². The van der Waals surface area contributed by atoms with E-state index in [9.17, 15) is 4.79 Å². The minimum absolute atomic E-state index is 0.0394. The maximum atomic E-state index is 12.8. The third-order valence-electron chi connectivity index (χ3n) is 5.76. The zero-order chi connectivity index (χ0) is 24.1. The zero-order valence-corrected chi connectivity index (χ0v) is 20.1. The van der Waals surface area contributed by atoms with Gasteiger partial charge < -0.3 is 24.1 Å². The summed E-state index contributed by atoms with van der Waals surface area (Å²) >= 11 is 6.17. The minimum atomic E-state index is -0.150. The summed E-state index contributed by atoms with van der Waals surface area (Å²) in [6.07, 6.45) is 1.71. The van der Waals surface area contributed by atoms with Gasteiger partial charge in [0.2, 0.25) is 17.6 Å². The molecule has 0 saturated carbocycles. The highest BCUT2D eigenvalue weighted by Crippen LogP contribution is 2.31. The number of hydrogen-bond acceptors (Lipinski definition) is 8. The van der Waals surface area contributed by atoms with Gasteiger partial charge in [-0.1, -0.05) is 16.8 Å². The van der Waals surface area contributed by atoms with E-state index in [2.05, 4.69) is 20.4 Å². The number of nitrogens with one attached hydrogen (secondary N) is 1. The van der Waals surface area contributed by atoms with Crippen LogP contribution in [0.5, 0.6) is 17.2 Å². The van der Waals surface area contributed by atoms with Gasteiger partial charge in [-0.15, -0.1) is 0 Å². The van der Waals surface area contributed by atoms with Crippen molar-refractivity contribution in [2.45, 2.75) is 19.4 Å². The molecule has 1 aliphatic rings. The van der Waals surface area contributed by atoms with Crippen molar-refractivity contribution in [1.82, 2.24) is 15.0 Å². The predicted octanol–water partition coefficient (Wildman–Crippen LogP) is 4.27. The summed E-state index contributed by atoms with van der Waals surface area (Å²) in [7, 11) is 4.72. The number of carbonyl (C=O) groups excluding carboxylic acids is 1. The molecule has 0 bridgehead atoms. The van der Waals surface area contributed by atoms with Crippen LogP contribution in [0.1, 0.15) is 18.7 Å². The lowest BCUT2D eigenvalue weighted by atomic mass is 9.97. The van der Waals surface area contributed by atoms with Crippen LogP contribution in [-0.4, -0.2) is 55.4 Å². The summed E-state index contributed by atoms with van der Waals surface area (Å²) in [6.45, 7) is 1.93. The first kappa shape index (κ1) is 23.8. The van der Waals surface area contributed by atoms with Crippen LogP contribution in [0.2, 0.25) is 5.02 Å². The van der Waals surface area contributed by atoms with Gasteiger partial charge in [0.15, 0.2) is 11.5 Å². The summed E-state index contributed by atoms with van der Waals surface area (Å²) in [5.74, 6) is 2.56. The quantitative estimate of drug-likeness (QED) is 0.504. The van der Waals surface area contributed by atoms with Crippen LogP contribution in [0.25, 0.3) is 11.4 Å². The molecule has 9 nitrogen and oxygen atoms in total. The van der Waals surface area contributed by atoms with Crippen LogP contribution in [0.15, 0.2) is 40.9 Å². The van der Waals surface area contributed by atoms with E-state index in [0.29, 0.717) is 52.8 Å². The Labute approximate surface area is 202 Å². The van der Waals surface area contributed by atoms with E-state index in [0.717, 1.165) is 24.9 Å². The molecule has 4 rings (SSSR count). The number of piperidine rings is 1. The predicted molar refractivity (Wildman–Crippen MR) is 127 cm³/mol. The van der Waals surface area contributed by atoms with E-state index in [1.807, 2.05) is 6.07 Å². The maximum Gasteiger partial charge on any atom is 0.241 e. The number of anilines is 1. The van der Waals surface area contributed by atoms with Gasteiger partial charge in [-0.2, -0.15) is 4.98 Å². The number of methoxy groups -OCH3 is 3. The van der Waals surface area contributed by atoms with Crippen LogP contribution >= 0.6 is 11.6 Å². The molecule has 0 spiro atoms. The third kappa shape index (κ3) is 5.43. The highest BCUT2D eigenvalue weighted by atomic mass is 35.5. The van der Waals surface area contributed by atoms with Gasteiger partial charge in [0.25, 0.3) is 0 Å². The van der Waals surface area contributed by atoms with Crippen molar-refractivity contribution in [2.24, 2.45) is 5.92 Å². The number of rotatable bonds is 8. The van der Waals surface area contributed by atoms with Gasteiger partial charge in [0, 0.05) is 17.8 Å². The molecule has 1 aromatic heterocycles. The Morgan fingerprint density at radius 2 is 1.88 bits per heavy atom. The number of likely N-dealkylation sites (tertiary alicyclic amines) is 1. The van der Waals surface area contributed by atoms with Crippen molar-refractivity contribution in [3.63, 3.8) is 0 Å². The SMILES string of the molecule is COc1ccc(NC(=O)[C@H]2CCCN(Cc3nc(-c4ccc(OC)c(OC)c4)no3)C2)cc1Cl. The second-order valence-corrected chi connectivity index (χ2v) is 8.40. The van der Waals surface area contributed by atoms with Crippen LogP contribution in [0.3, 0.4) is 0 Å². The van der Waals surface area contributed by atoms with Crippen molar-refractivity contribution >= 4 is 23.2 Å². The number of amides is 1. The van der Waals surface area contributed by atoms with E-state index in [4.69, 9.17) is 30.3 Å². The molecule has 0 radical (unpaired) electrons. The fraction of sp³-hybridized carbons (Fsp3) is 0.375. The van der Waals surface area contributed by atoms with Crippen LogP contribution in [0, 0.1) is 5.92 Å². The molecule has 180 valence electrons. The molecule has 1 fully saturated rings. The average Bonchev–Trinajstić information content (AvgIpc) is 3.32. The maximum absolute atomic E-state index is 12.8. The van der Waals surface area contributed by atoms with Gasteiger partial charge in [0.1, 0.15) is 5.75 Å². The first-order chi connectivity index (χ1) is 16.5. The summed E-state index contributed by atoms with van der Waals surface area (Å²) in [6, 6.07) is 10.7. The number of halogens is 1. The number of benzene rings is 2. The summed E-state index contributed by atoms with van der Waals surface area (Å²) < 4.78 is 21.3. The average molecular weight is 487 g/mol. The highest BCUT2D eigenvalue weighted by molar-refractivity contribution is 6.32. The van der Waals surface area contributed by atoms with Crippen molar-refractivity contribution in [3.05, 3.63) is 47.3 Å². The van der Waals surface area contributed by atoms with Gasteiger partial charge in [-0.05, 0) is 55.8 Å². The van der Waals surface area contributed by atoms with Gasteiger partial charge in [-0.3, -0.25) is 9.69 Å². The molecule has 1 atom stereocenters. The number of ether oxygens (including phenoxy) is 3. The largest absolute Gasteiger partial charge is 0.495 e. The topological polar surface area (TPSA) is 99.0 Å². The van der Waals surface area contributed by atoms with Gasteiger partial charge in [0.05, 0.1) is 38.8 Å². The Balaban J connectivity index is 1.37. The molecule has 2 heterocycles. The van der Waals surface area contributed by atoms with E-state index < -0.39 is 0 Å². The molecule has 3 aromatic rings. The fourth-order valence-corrected chi connectivity index (χ4v) is 4.26. The van der Waals surface area contributed by atoms with Crippen molar-refractivity contribution in [2.75, 3.05) is 39.7 Å². The molecular formula is C24H27ClN4O5. The molecule has 0 aliphatic carbocycles. The van der Waals surface area contributed by atoms with Gasteiger partial charge >= 0.3 is 0 Å². The summed E-state index contributed by atoms with van der Waals surface area (Å²) in [5, 5.41) is 7.51. The van der Waals surface area contributed by atoms with Crippen LogP contribution in [-0.2, 0) is 11.3 Å². The number of carbonyl (C=O) groups is 1. The highest BCUT2D eigenvalue weighted by Gasteiger charge is 2.27. The fourth-order valence-electron chi connectivity index (χ4n) is 4.00. The third-order valence-corrected chi connectivity index (χ3v) is 6.06. The van der Waals surface area contributed by atoms with Crippen LogP contribution in [0.4, 0.5) is 5.69 Å².